The van der Waals surface area contributed by atoms with Crippen molar-refractivity contribution in [2.24, 2.45) is 0 Å². The van der Waals surface area contributed by atoms with Crippen molar-refractivity contribution < 1.29 is 14.2 Å². The Kier molecular flexibility index (Phi) is 4.42. The second-order valence-corrected chi connectivity index (χ2v) is 5.57. The molecule has 1 aromatic carbocycles. The van der Waals surface area contributed by atoms with E-state index in [1.165, 1.54) is 13.2 Å². The number of methoxy groups -OCH3 is 1. The zero-order valence-corrected chi connectivity index (χ0v) is 11.7. The van der Waals surface area contributed by atoms with Gasteiger partial charge in [-0.15, -0.1) is 0 Å². The molecule has 19 heavy (non-hydrogen) atoms. The minimum atomic E-state index is -0.556. The van der Waals surface area contributed by atoms with Crippen LogP contribution in [0.1, 0.15) is 31.2 Å². The summed E-state index contributed by atoms with van der Waals surface area (Å²) in [5.74, 6) is -0.0752. The third-order valence-corrected chi connectivity index (χ3v) is 3.77. The molecule has 3 nitrogen and oxygen atoms in total. The summed E-state index contributed by atoms with van der Waals surface area (Å²) in [6, 6.07) is 4.99. The number of nitrogens with zero attached hydrogens (tertiary/aromatic N) is 1. The normalized spacial score (nSPS) is 17.9. The molecule has 0 aliphatic heterocycles. The molecule has 4 heteroatoms. The zero-order valence-electron chi connectivity index (χ0n) is 11.7. The third-order valence-electron chi connectivity index (χ3n) is 3.77. The van der Waals surface area contributed by atoms with E-state index in [2.05, 4.69) is 0 Å². The van der Waals surface area contributed by atoms with E-state index in [4.69, 9.17) is 4.74 Å². The number of rotatable bonds is 5. The van der Waals surface area contributed by atoms with E-state index in [1.54, 1.807) is 6.07 Å². The lowest BCUT2D eigenvalue weighted by molar-refractivity contribution is 0.0145. The van der Waals surface area contributed by atoms with Crippen molar-refractivity contribution in [2.75, 3.05) is 20.7 Å². The summed E-state index contributed by atoms with van der Waals surface area (Å²) in [7, 11) is 3.41. The summed E-state index contributed by atoms with van der Waals surface area (Å²) in [6.45, 7) is 1.27. The average Bonchev–Trinajstić information content (AvgIpc) is 2.75. The van der Waals surface area contributed by atoms with Crippen molar-refractivity contribution in [3.8, 4) is 5.75 Å². The molecule has 0 saturated heterocycles. The molecule has 1 saturated carbocycles. The van der Waals surface area contributed by atoms with Crippen LogP contribution in [-0.2, 0) is 6.54 Å². The van der Waals surface area contributed by atoms with E-state index in [9.17, 15) is 9.50 Å². The van der Waals surface area contributed by atoms with Crippen molar-refractivity contribution in [1.29, 1.82) is 0 Å². The van der Waals surface area contributed by atoms with Crippen LogP contribution in [0.4, 0.5) is 4.39 Å². The third kappa shape index (κ3) is 3.67. The number of likely N-dealkylation sites (N-methyl/N-ethyl adjacent to an activating group) is 1. The summed E-state index contributed by atoms with van der Waals surface area (Å²) in [5, 5.41) is 10.3. The minimum Gasteiger partial charge on any atom is -0.494 e. The predicted octanol–water partition coefficient (Wildman–Crippen LogP) is 2.57. The van der Waals surface area contributed by atoms with Gasteiger partial charge in [-0.2, -0.15) is 0 Å². The summed E-state index contributed by atoms with van der Waals surface area (Å²) >= 11 is 0. The molecule has 2 rings (SSSR count). The van der Waals surface area contributed by atoms with Gasteiger partial charge < -0.3 is 9.84 Å². The highest BCUT2D eigenvalue weighted by molar-refractivity contribution is 5.29. The maximum absolute atomic E-state index is 13.6. The Morgan fingerprint density at radius 2 is 2.05 bits per heavy atom. The molecule has 106 valence electrons. The molecule has 0 radical (unpaired) electrons. The van der Waals surface area contributed by atoms with E-state index in [0.29, 0.717) is 13.1 Å². The number of ether oxygens (including phenoxy) is 1. The molecule has 1 fully saturated rings. The monoisotopic (exact) mass is 267 g/mol. The molecule has 1 aliphatic rings. The maximum atomic E-state index is 13.6. The molecule has 0 aromatic heterocycles. The van der Waals surface area contributed by atoms with Gasteiger partial charge in [-0.3, -0.25) is 4.90 Å². The largest absolute Gasteiger partial charge is 0.494 e. The maximum Gasteiger partial charge on any atom is 0.165 e. The van der Waals surface area contributed by atoms with Gasteiger partial charge in [0.25, 0.3) is 0 Å². The lowest BCUT2D eigenvalue weighted by Crippen LogP contribution is -2.38. The van der Waals surface area contributed by atoms with Gasteiger partial charge in [-0.25, -0.2) is 4.39 Å². The Hall–Kier alpha value is -1.13. The SMILES string of the molecule is COc1ccc(CN(C)CC2(O)CCCC2)cc1F. The van der Waals surface area contributed by atoms with E-state index < -0.39 is 5.60 Å². The Balaban J connectivity index is 1.95. The van der Waals surface area contributed by atoms with Crippen LogP contribution in [0.25, 0.3) is 0 Å². The van der Waals surface area contributed by atoms with Crippen LogP contribution in [0.5, 0.6) is 5.75 Å². The van der Waals surface area contributed by atoms with E-state index in [0.717, 1.165) is 31.2 Å². The van der Waals surface area contributed by atoms with Crippen LogP contribution in [0, 0.1) is 5.82 Å². The van der Waals surface area contributed by atoms with Gasteiger partial charge in [0.1, 0.15) is 0 Å². The molecule has 0 unspecified atom stereocenters. The van der Waals surface area contributed by atoms with E-state index >= 15 is 0 Å². The first-order chi connectivity index (χ1) is 9.02. The summed E-state index contributed by atoms with van der Waals surface area (Å²) in [4.78, 5) is 2.05. The lowest BCUT2D eigenvalue weighted by atomic mass is 10.0. The number of halogens is 1. The highest BCUT2D eigenvalue weighted by Crippen LogP contribution is 2.30. The van der Waals surface area contributed by atoms with Crippen molar-refractivity contribution >= 4 is 0 Å². The molecular formula is C15H22FNO2. The second-order valence-electron chi connectivity index (χ2n) is 5.57. The Labute approximate surface area is 114 Å². The predicted molar refractivity (Wildman–Crippen MR) is 72.7 cm³/mol. The highest BCUT2D eigenvalue weighted by atomic mass is 19.1. The standard InChI is InChI=1S/C15H22FNO2/c1-17(11-15(18)7-3-4-8-15)10-12-5-6-14(19-2)13(16)9-12/h5-6,9,18H,3-4,7-8,10-11H2,1-2H3. The van der Waals surface area contributed by atoms with Gasteiger partial charge >= 0.3 is 0 Å². The Morgan fingerprint density at radius 1 is 1.37 bits per heavy atom. The molecular weight excluding hydrogens is 245 g/mol. The highest BCUT2D eigenvalue weighted by Gasteiger charge is 2.32. The Bertz CT molecular complexity index is 430. The number of hydrogen-bond donors (Lipinski definition) is 1. The quantitative estimate of drug-likeness (QED) is 0.890. The van der Waals surface area contributed by atoms with Gasteiger partial charge in [-0.1, -0.05) is 18.9 Å². The number of aliphatic hydroxyl groups is 1. The van der Waals surface area contributed by atoms with Crippen molar-refractivity contribution in [1.82, 2.24) is 4.90 Å². The van der Waals surface area contributed by atoms with Gasteiger partial charge in [0.05, 0.1) is 12.7 Å². The smallest absolute Gasteiger partial charge is 0.165 e. The Morgan fingerprint density at radius 3 is 2.63 bits per heavy atom. The van der Waals surface area contributed by atoms with Gasteiger partial charge in [0.2, 0.25) is 0 Å². The molecule has 0 heterocycles. The second kappa shape index (κ2) is 5.88. The molecule has 0 amide bonds. The van der Waals surface area contributed by atoms with Crippen LogP contribution < -0.4 is 4.74 Å². The van der Waals surface area contributed by atoms with Gasteiger partial charge in [0, 0.05) is 13.1 Å². The first kappa shape index (κ1) is 14.3. The molecule has 1 aliphatic carbocycles. The number of hydrogen-bond acceptors (Lipinski definition) is 3. The molecule has 0 atom stereocenters. The fourth-order valence-corrected chi connectivity index (χ4v) is 2.87. The topological polar surface area (TPSA) is 32.7 Å². The summed E-state index contributed by atoms with van der Waals surface area (Å²) in [5.41, 5.74) is 0.335. The average molecular weight is 267 g/mol. The van der Waals surface area contributed by atoms with Crippen LogP contribution >= 0.6 is 0 Å². The van der Waals surface area contributed by atoms with E-state index in [1.807, 2.05) is 18.0 Å². The minimum absolute atomic E-state index is 0.265. The summed E-state index contributed by atoms with van der Waals surface area (Å²) < 4.78 is 18.5. The lowest BCUT2D eigenvalue weighted by Gasteiger charge is -2.28. The molecule has 0 bridgehead atoms. The zero-order chi connectivity index (χ0) is 13.9. The van der Waals surface area contributed by atoms with Gasteiger partial charge in [-0.05, 0) is 37.6 Å². The van der Waals surface area contributed by atoms with Crippen molar-refractivity contribution in [3.63, 3.8) is 0 Å². The first-order valence-electron chi connectivity index (χ1n) is 6.76. The van der Waals surface area contributed by atoms with E-state index in [-0.39, 0.29) is 11.6 Å². The molecule has 1 N–H and O–H groups in total. The molecule has 0 spiro atoms. The summed E-state index contributed by atoms with van der Waals surface area (Å²) in [6.07, 6.45) is 3.94. The van der Waals surface area contributed by atoms with Crippen LogP contribution in [-0.4, -0.2) is 36.3 Å². The van der Waals surface area contributed by atoms with Crippen LogP contribution in [0.15, 0.2) is 18.2 Å². The molecule has 1 aromatic rings. The van der Waals surface area contributed by atoms with Crippen LogP contribution in [0.3, 0.4) is 0 Å². The van der Waals surface area contributed by atoms with Crippen LogP contribution in [0.2, 0.25) is 0 Å². The van der Waals surface area contributed by atoms with Crippen molar-refractivity contribution in [3.05, 3.63) is 29.6 Å². The van der Waals surface area contributed by atoms with Gasteiger partial charge in [0.15, 0.2) is 11.6 Å². The fourth-order valence-electron chi connectivity index (χ4n) is 2.87. The van der Waals surface area contributed by atoms with Crippen molar-refractivity contribution in [2.45, 2.75) is 37.8 Å². The fraction of sp³-hybridized carbons (Fsp3) is 0.600. The number of benzene rings is 1. The first-order valence-corrected chi connectivity index (χ1v) is 6.76.